The normalized spacial score (nSPS) is 13.8. The maximum absolute atomic E-state index is 12.8. The lowest BCUT2D eigenvalue weighted by molar-refractivity contribution is -0.870. The van der Waals surface area contributed by atoms with Crippen molar-refractivity contribution in [3.63, 3.8) is 0 Å². The first-order chi connectivity index (χ1) is 36.0. The summed E-state index contributed by atoms with van der Waals surface area (Å²) in [5.74, 6) is -0.860. The van der Waals surface area contributed by atoms with Crippen LogP contribution in [0.4, 0.5) is 0 Å². The SMILES string of the molecule is CC/C=C\C/C=C\C/C=C\C/C=C\C/C=C\CCCC(=O)OC(COC(=O)CCCCCCCCCCCCCCCCCCCCCCC/C=C\CCCCCCCCCC)COP(=O)(O)OCC[N+](C)(C)C. The van der Waals surface area contributed by atoms with Gasteiger partial charge < -0.3 is 18.9 Å². The lowest BCUT2D eigenvalue weighted by Gasteiger charge is -2.24. The van der Waals surface area contributed by atoms with E-state index in [0.29, 0.717) is 23.9 Å². The average Bonchev–Trinajstić information content (AvgIpc) is 3.36. The lowest BCUT2D eigenvalue weighted by atomic mass is 10.0. The van der Waals surface area contributed by atoms with Crippen molar-refractivity contribution in [3.8, 4) is 0 Å². The molecule has 0 saturated carbocycles. The van der Waals surface area contributed by atoms with Crippen LogP contribution in [0.1, 0.15) is 271 Å². The fourth-order valence-corrected chi connectivity index (χ4v) is 9.26. The molecule has 0 heterocycles. The number of nitrogens with zero attached hydrogens (tertiary/aromatic N) is 1. The minimum Gasteiger partial charge on any atom is -0.462 e. The molecule has 0 aliphatic heterocycles. The molecule has 0 aliphatic carbocycles. The van der Waals surface area contributed by atoms with E-state index in [9.17, 15) is 19.0 Å². The molecule has 0 aromatic rings. The smallest absolute Gasteiger partial charge is 0.462 e. The topological polar surface area (TPSA) is 108 Å². The van der Waals surface area contributed by atoms with Crippen LogP contribution in [0.3, 0.4) is 0 Å². The van der Waals surface area contributed by atoms with E-state index in [4.69, 9.17) is 18.5 Å². The molecule has 0 aromatic carbocycles. The molecular formula is C64H117NO8P+. The average molecular weight is 1060 g/mol. The zero-order valence-corrected chi connectivity index (χ0v) is 49.7. The fourth-order valence-electron chi connectivity index (χ4n) is 8.52. The molecule has 2 unspecified atom stereocenters. The summed E-state index contributed by atoms with van der Waals surface area (Å²) in [6.07, 6.45) is 73.0. The molecule has 0 rings (SSSR count). The highest BCUT2D eigenvalue weighted by Gasteiger charge is 2.27. The van der Waals surface area contributed by atoms with Gasteiger partial charge in [-0.15, -0.1) is 0 Å². The van der Waals surface area contributed by atoms with Crippen molar-refractivity contribution in [1.82, 2.24) is 0 Å². The zero-order chi connectivity index (χ0) is 54.2. The number of phosphoric ester groups is 1. The first-order valence-electron chi connectivity index (χ1n) is 30.7. The summed E-state index contributed by atoms with van der Waals surface area (Å²) in [7, 11) is 1.44. The van der Waals surface area contributed by atoms with E-state index in [1.54, 1.807) is 0 Å². The number of unbranched alkanes of at least 4 members (excludes halogenated alkanes) is 30. The van der Waals surface area contributed by atoms with Gasteiger partial charge in [0, 0.05) is 12.8 Å². The third-order valence-corrected chi connectivity index (χ3v) is 14.2. The van der Waals surface area contributed by atoms with Gasteiger partial charge >= 0.3 is 19.8 Å². The van der Waals surface area contributed by atoms with Gasteiger partial charge in [0.25, 0.3) is 0 Å². The molecule has 0 aliphatic rings. The summed E-state index contributed by atoms with van der Waals surface area (Å²) in [6.45, 7) is 4.27. The van der Waals surface area contributed by atoms with Crippen LogP contribution in [0.25, 0.3) is 0 Å². The Balaban J connectivity index is 4.04. The predicted octanol–water partition coefficient (Wildman–Crippen LogP) is 19.3. The van der Waals surface area contributed by atoms with Crippen LogP contribution < -0.4 is 0 Å². The van der Waals surface area contributed by atoms with Crippen molar-refractivity contribution in [1.29, 1.82) is 0 Å². The second-order valence-electron chi connectivity index (χ2n) is 21.7. The van der Waals surface area contributed by atoms with Crippen molar-refractivity contribution < 1.29 is 42.1 Å². The molecule has 9 nitrogen and oxygen atoms in total. The molecule has 1 N–H and O–H groups in total. The molecule has 0 spiro atoms. The van der Waals surface area contributed by atoms with E-state index in [1.165, 1.54) is 180 Å². The number of carbonyl (C=O) groups is 2. The van der Waals surface area contributed by atoms with E-state index >= 15 is 0 Å². The van der Waals surface area contributed by atoms with E-state index < -0.39 is 26.5 Å². The Kier molecular flexibility index (Phi) is 53.3. The summed E-state index contributed by atoms with van der Waals surface area (Å²) < 4.78 is 34.5. The predicted molar refractivity (Wildman–Crippen MR) is 316 cm³/mol. The number of hydrogen-bond acceptors (Lipinski definition) is 7. The van der Waals surface area contributed by atoms with Gasteiger partial charge in [0.15, 0.2) is 6.10 Å². The number of hydrogen-bond donors (Lipinski definition) is 1. The standard InChI is InChI=1S/C64H116NO8P/c1-6-8-10-12-14-16-18-20-22-24-25-26-27-28-29-30-31-32-33-34-35-36-37-38-39-41-42-44-46-48-50-52-54-56-63(66)70-60-62(61-72-74(68,69)71-59-58-65(3,4)5)73-64(67)57-55-53-51-49-47-45-43-40-23-21-19-17-15-13-11-9-7-2/h9,11,15,17,21,23-25,43,45,49,51,62H,6-8,10,12-14,16,18-20,22,26-42,44,46-48,50,52-61H2,1-5H3/p+1/b11-9-,17-15-,23-21-,25-24-,45-43-,51-49-. The number of rotatable bonds is 56. The van der Waals surface area contributed by atoms with E-state index in [-0.39, 0.29) is 32.0 Å². The quantitative estimate of drug-likeness (QED) is 0.0211. The summed E-state index contributed by atoms with van der Waals surface area (Å²) in [5.41, 5.74) is 0. The first-order valence-corrected chi connectivity index (χ1v) is 32.2. The Morgan fingerprint density at radius 2 is 0.784 bits per heavy atom. The highest BCUT2D eigenvalue weighted by molar-refractivity contribution is 7.47. The molecule has 430 valence electrons. The molecule has 74 heavy (non-hydrogen) atoms. The highest BCUT2D eigenvalue weighted by Crippen LogP contribution is 2.43. The van der Waals surface area contributed by atoms with Crippen LogP contribution in [0.5, 0.6) is 0 Å². The zero-order valence-electron chi connectivity index (χ0n) is 48.8. The number of esters is 2. The van der Waals surface area contributed by atoms with E-state index in [1.807, 2.05) is 27.2 Å². The van der Waals surface area contributed by atoms with Crippen LogP contribution >= 0.6 is 7.82 Å². The molecule has 0 aromatic heterocycles. The molecule has 10 heteroatoms. The number of ether oxygens (including phenoxy) is 2. The minimum absolute atomic E-state index is 0.0192. The summed E-state index contributed by atoms with van der Waals surface area (Å²) in [6, 6.07) is 0. The maximum atomic E-state index is 12.8. The van der Waals surface area contributed by atoms with Crippen LogP contribution in [0.15, 0.2) is 72.9 Å². The largest absolute Gasteiger partial charge is 0.472 e. The number of phosphoric acid groups is 1. The van der Waals surface area contributed by atoms with Crippen LogP contribution in [-0.4, -0.2) is 74.9 Å². The van der Waals surface area contributed by atoms with Crippen LogP contribution in [0, 0.1) is 0 Å². The van der Waals surface area contributed by atoms with Crippen molar-refractivity contribution >= 4 is 19.8 Å². The van der Waals surface area contributed by atoms with Crippen LogP contribution in [-0.2, 0) is 32.7 Å². The Morgan fingerprint density at radius 3 is 1.20 bits per heavy atom. The van der Waals surface area contributed by atoms with Gasteiger partial charge in [0.1, 0.15) is 19.8 Å². The van der Waals surface area contributed by atoms with Gasteiger partial charge in [0.2, 0.25) is 0 Å². The van der Waals surface area contributed by atoms with Gasteiger partial charge in [-0.25, -0.2) is 4.57 Å². The number of allylic oxidation sites excluding steroid dienone is 12. The van der Waals surface area contributed by atoms with Crippen molar-refractivity contribution in [3.05, 3.63) is 72.9 Å². The van der Waals surface area contributed by atoms with E-state index in [2.05, 4.69) is 80.7 Å². The summed E-state index contributed by atoms with van der Waals surface area (Å²) in [5, 5.41) is 0. The second-order valence-corrected chi connectivity index (χ2v) is 23.2. The van der Waals surface area contributed by atoms with Crippen molar-refractivity contribution in [2.24, 2.45) is 0 Å². The Hall–Kier alpha value is -2.55. The van der Waals surface area contributed by atoms with Crippen molar-refractivity contribution in [2.45, 2.75) is 277 Å². The van der Waals surface area contributed by atoms with Gasteiger partial charge in [0.05, 0.1) is 27.7 Å². The monoisotopic (exact) mass is 1060 g/mol. The lowest BCUT2D eigenvalue weighted by Crippen LogP contribution is -2.37. The Labute approximate surface area is 457 Å². The molecule has 0 bridgehead atoms. The first kappa shape index (κ1) is 71.5. The maximum Gasteiger partial charge on any atom is 0.472 e. The molecule has 0 radical (unpaired) electrons. The molecule has 2 atom stereocenters. The Bertz CT molecular complexity index is 1480. The molecule has 0 fully saturated rings. The third kappa shape index (κ3) is 58.7. The van der Waals surface area contributed by atoms with E-state index in [0.717, 1.165) is 51.4 Å². The minimum atomic E-state index is -4.40. The van der Waals surface area contributed by atoms with Crippen molar-refractivity contribution in [2.75, 3.05) is 47.5 Å². The Morgan fingerprint density at radius 1 is 0.432 bits per heavy atom. The molecular weight excluding hydrogens is 942 g/mol. The van der Waals surface area contributed by atoms with Gasteiger partial charge in [-0.2, -0.15) is 0 Å². The third-order valence-electron chi connectivity index (χ3n) is 13.2. The van der Waals surface area contributed by atoms with Gasteiger partial charge in [-0.05, 0) is 77.0 Å². The fraction of sp³-hybridized carbons (Fsp3) is 0.781. The molecule has 0 amide bonds. The summed E-state index contributed by atoms with van der Waals surface area (Å²) in [4.78, 5) is 35.6. The number of quaternary nitrogens is 1. The second kappa shape index (κ2) is 55.2. The van der Waals surface area contributed by atoms with Crippen LogP contribution in [0.2, 0.25) is 0 Å². The number of carbonyl (C=O) groups excluding carboxylic acids is 2. The molecule has 0 saturated heterocycles. The summed E-state index contributed by atoms with van der Waals surface area (Å²) >= 11 is 0. The van der Waals surface area contributed by atoms with Gasteiger partial charge in [-0.3, -0.25) is 18.6 Å². The van der Waals surface area contributed by atoms with Gasteiger partial charge in [-0.1, -0.05) is 254 Å². The highest BCUT2D eigenvalue weighted by atomic mass is 31.2. The number of likely N-dealkylation sites (N-methyl/N-ethyl adjacent to an activating group) is 1.